The summed E-state index contributed by atoms with van der Waals surface area (Å²) in [5.74, 6) is -3.08. The molecule has 0 saturated heterocycles. The summed E-state index contributed by atoms with van der Waals surface area (Å²) >= 11 is 0. The highest BCUT2D eigenvalue weighted by molar-refractivity contribution is 5.85. The normalized spacial score (nSPS) is 11.8. The number of rotatable bonds is 5. The number of amides is 1. The molecule has 104 valence electrons. The fourth-order valence-electron chi connectivity index (χ4n) is 1.44. The van der Waals surface area contributed by atoms with Crippen molar-refractivity contribution < 1.29 is 18.5 Å². The van der Waals surface area contributed by atoms with E-state index in [1.165, 1.54) is 6.92 Å². The molecule has 0 heterocycles. The summed E-state index contributed by atoms with van der Waals surface area (Å²) in [5.41, 5.74) is -1.26. The Morgan fingerprint density at radius 2 is 2.11 bits per heavy atom. The molecule has 0 aliphatic rings. The lowest BCUT2D eigenvalue weighted by Crippen LogP contribution is -2.37. The maximum absolute atomic E-state index is 13.6. The van der Waals surface area contributed by atoms with Gasteiger partial charge < -0.3 is 10.6 Å². The molecule has 0 fully saturated rings. The summed E-state index contributed by atoms with van der Waals surface area (Å²) in [6, 6.07) is 0.565. The van der Waals surface area contributed by atoms with Crippen LogP contribution in [0.15, 0.2) is 12.1 Å². The van der Waals surface area contributed by atoms with Crippen LogP contribution >= 0.6 is 0 Å². The number of nitrogens with one attached hydrogen (secondary N) is 2. The van der Waals surface area contributed by atoms with Crippen LogP contribution in [-0.2, 0) is 4.79 Å². The zero-order valence-electron chi connectivity index (χ0n) is 10.4. The highest BCUT2D eigenvalue weighted by atomic mass is 19.2. The van der Waals surface area contributed by atoms with Crippen molar-refractivity contribution in [1.29, 1.82) is 0 Å². The van der Waals surface area contributed by atoms with Crippen molar-refractivity contribution in [2.45, 2.75) is 19.9 Å². The largest absolute Gasteiger partial charge is 0.366 e. The van der Waals surface area contributed by atoms with Crippen LogP contribution in [0, 0.1) is 21.7 Å². The molecule has 1 atom stereocenters. The van der Waals surface area contributed by atoms with E-state index in [0.717, 1.165) is 6.07 Å². The number of nitrogens with zero attached hydrogens (tertiary/aromatic N) is 1. The number of carbonyl (C=O) groups is 1. The third-order valence-electron chi connectivity index (χ3n) is 2.37. The second-order valence-corrected chi connectivity index (χ2v) is 3.77. The number of nitro benzene ring substituents is 1. The first kappa shape index (κ1) is 14.8. The van der Waals surface area contributed by atoms with E-state index >= 15 is 0 Å². The van der Waals surface area contributed by atoms with Crippen LogP contribution in [0.1, 0.15) is 13.8 Å². The second kappa shape index (κ2) is 6.07. The van der Waals surface area contributed by atoms with E-state index in [1.54, 1.807) is 6.92 Å². The van der Waals surface area contributed by atoms with Gasteiger partial charge in [0.05, 0.1) is 4.92 Å². The summed E-state index contributed by atoms with van der Waals surface area (Å²) in [4.78, 5) is 21.4. The van der Waals surface area contributed by atoms with Crippen LogP contribution in [0.5, 0.6) is 0 Å². The lowest BCUT2D eigenvalue weighted by Gasteiger charge is -2.15. The molecule has 1 unspecified atom stereocenters. The van der Waals surface area contributed by atoms with E-state index in [-0.39, 0.29) is 0 Å². The molecule has 0 aliphatic carbocycles. The van der Waals surface area contributed by atoms with Crippen LogP contribution in [0.3, 0.4) is 0 Å². The Kier molecular flexibility index (Phi) is 4.74. The van der Waals surface area contributed by atoms with E-state index in [9.17, 15) is 23.7 Å². The Bertz CT molecular complexity index is 508. The number of likely N-dealkylation sites (N-methyl/N-ethyl adjacent to an activating group) is 1. The van der Waals surface area contributed by atoms with E-state index in [4.69, 9.17) is 0 Å². The molecule has 0 aromatic heterocycles. The van der Waals surface area contributed by atoms with Gasteiger partial charge in [0.25, 0.3) is 5.69 Å². The van der Waals surface area contributed by atoms with Crippen molar-refractivity contribution in [3.05, 3.63) is 33.9 Å². The van der Waals surface area contributed by atoms with Gasteiger partial charge in [-0.05, 0) is 19.9 Å². The van der Waals surface area contributed by atoms with Gasteiger partial charge in [0.15, 0.2) is 17.3 Å². The first-order valence-electron chi connectivity index (χ1n) is 5.55. The van der Waals surface area contributed by atoms with E-state index in [1.807, 2.05) is 0 Å². The molecule has 0 bridgehead atoms. The smallest absolute Gasteiger partial charge is 0.295 e. The van der Waals surface area contributed by atoms with Crippen LogP contribution in [-0.4, -0.2) is 23.4 Å². The lowest BCUT2D eigenvalue weighted by molar-refractivity contribution is -0.384. The minimum absolute atomic E-state index is 0.360. The Morgan fingerprint density at radius 1 is 1.47 bits per heavy atom. The van der Waals surface area contributed by atoms with Crippen molar-refractivity contribution >= 4 is 17.3 Å². The van der Waals surface area contributed by atoms with Gasteiger partial charge in [-0.3, -0.25) is 14.9 Å². The fourth-order valence-corrected chi connectivity index (χ4v) is 1.44. The summed E-state index contributed by atoms with van der Waals surface area (Å²) in [7, 11) is 0. The molecular formula is C11H13F2N3O3. The zero-order chi connectivity index (χ0) is 14.6. The van der Waals surface area contributed by atoms with Gasteiger partial charge in [0, 0.05) is 12.6 Å². The molecular weight excluding hydrogens is 260 g/mol. The number of nitro groups is 1. The zero-order valence-corrected chi connectivity index (χ0v) is 10.4. The number of carbonyl (C=O) groups excluding carboxylic acids is 1. The third-order valence-corrected chi connectivity index (χ3v) is 2.37. The van der Waals surface area contributed by atoms with E-state index in [2.05, 4.69) is 10.6 Å². The van der Waals surface area contributed by atoms with Crippen molar-refractivity contribution in [1.82, 2.24) is 5.32 Å². The summed E-state index contributed by atoms with van der Waals surface area (Å²) in [5, 5.41) is 15.5. The average Bonchev–Trinajstić information content (AvgIpc) is 2.34. The number of hydrogen-bond acceptors (Lipinski definition) is 4. The highest BCUT2D eigenvalue weighted by Gasteiger charge is 2.24. The number of halogens is 2. The van der Waals surface area contributed by atoms with Crippen LogP contribution in [0.4, 0.5) is 20.2 Å². The molecule has 2 N–H and O–H groups in total. The first-order valence-corrected chi connectivity index (χ1v) is 5.55. The predicted molar refractivity (Wildman–Crippen MR) is 64.8 cm³/mol. The van der Waals surface area contributed by atoms with E-state index in [0.29, 0.717) is 12.6 Å². The second-order valence-electron chi connectivity index (χ2n) is 3.77. The molecule has 19 heavy (non-hydrogen) atoms. The molecule has 8 heteroatoms. The van der Waals surface area contributed by atoms with Gasteiger partial charge in [0.1, 0.15) is 6.04 Å². The SMILES string of the molecule is CCNC(=O)C(C)Nc1c([N+](=O)[O-])ccc(F)c1F. The molecule has 1 rings (SSSR count). The van der Waals surface area contributed by atoms with Gasteiger partial charge in [-0.15, -0.1) is 0 Å². The Hall–Kier alpha value is -2.25. The Morgan fingerprint density at radius 3 is 2.63 bits per heavy atom. The lowest BCUT2D eigenvalue weighted by atomic mass is 10.2. The molecule has 0 radical (unpaired) electrons. The van der Waals surface area contributed by atoms with Crippen molar-refractivity contribution in [3.8, 4) is 0 Å². The molecule has 0 spiro atoms. The minimum atomic E-state index is -1.38. The van der Waals surface area contributed by atoms with Gasteiger partial charge in [-0.2, -0.15) is 0 Å². The van der Waals surface area contributed by atoms with Gasteiger partial charge in [-0.1, -0.05) is 0 Å². The molecule has 0 aliphatic heterocycles. The number of hydrogen-bond donors (Lipinski definition) is 2. The number of benzene rings is 1. The molecule has 1 aromatic rings. The number of anilines is 1. The van der Waals surface area contributed by atoms with Gasteiger partial charge >= 0.3 is 0 Å². The third kappa shape index (κ3) is 3.36. The highest BCUT2D eigenvalue weighted by Crippen LogP contribution is 2.29. The standard InChI is InChI=1S/C11H13F2N3O3/c1-3-14-11(17)6(2)15-10-8(16(18)19)5-4-7(12)9(10)13/h4-6,15H,3H2,1-2H3,(H,14,17). The van der Waals surface area contributed by atoms with Crippen LogP contribution in [0.25, 0.3) is 0 Å². The van der Waals surface area contributed by atoms with Crippen LogP contribution < -0.4 is 10.6 Å². The maximum atomic E-state index is 13.6. The Labute approximate surface area is 108 Å². The summed E-state index contributed by atoms with van der Waals surface area (Å²) in [6.45, 7) is 3.44. The quantitative estimate of drug-likeness (QED) is 0.633. The van der Waals surface area contributed by atoms with Crippen molar-refractivity contribution in [3.63, 3.8) is 0 Å². The van der Waals surface area contributed by atoms with Crippen molar-refractivity contribution in [2.24, 2.45) is 0 Å². The van der Waals surface area contributed by atoms with E-state index < -0.39 is 39.9 Å². The minimum Gasteiger partial charge on any atom is -0.366 e. The van der Waals surface area contributed by atoms with Crippen LogP contribution in [0.2, 0.25) is 0 Å². The molecule has 0 saturated carbocycles. The maximum Gasteiger partial charge on any atom is 0.295 e. The average molecular weight is 273 g/mol. The van der Waals surface area contributed by atoms with Gasteiger partial charge in [-0.25, -0.2) is 8.78 Å². The monoisotopic (exact) mass is 273 g/mol. The van der Waals surface area contributed by atoms with Crippen molar-refractivity contribution in [2.75, 3.05) is 11.9 Å². The first-order chi connectivity index (χ1) is 8.88. The Balaban J connectivity index is 3.08. The van der Waals surface area contributed by atoms with Gasteiger partial charge in [0.2, 0.25) is 5.91 Å². The molecule has 1 amide bonds. The summed E-state index contributed by atoms with van der Waals surface area (Å²) < 4.78 is 26.6. The predicted octanol–water partition coefficient (Wildman–Crippen LogP) is 1.81. The topological polar surface area (TPSA) is 84.3 Å². The molecule has 1 aromatic carbocycles. The molecule has 6 nitrogen and oxygen atoms in total. The summed E-state index contributed by atoms with van der Waals surface area (Å²) in [6.07, 6.45) is 0. The fraction of sp³-hybridized carbons (Fsp3) is 0.364.